The Bertz CT molecular complexity index is 613. The molecular weight excluding hydrogens is 314 g/mol. The van der Waals surface area contributed by atoms with Crippen molar-refractivity contribution in [2.24, 2.45) is 5.41 Å². The molecule has 0 bridgehead atoms. The standard InChI is InChI=1S/C18H24F2N2O2/c1-17(12-23)6-3-9-22(11-17)16(24)21-10-18(7-8-18)15-13(19)4-2-5-14(15)20/h2,4-5,23H,3,6-12H2,1H3,(H,21,24). The van der Waals surface area contributed by atoms with Gasteiger partial charge >= 0.3 is 6.03 Å². The minimum atomic E-state index is -0.624. The van der Waals surface area contributed by atoms with Crippen LogP contribution in [0, 0.1) is 17.0 Å². The molecule has 2 N–H and O–H groups in total. The Kier molecular flexibility index (Phi) is 4.51. The zero-order valence-corrected chi connectivity index (χ0v) is 13.9. The van der Waals surface area contributed by atoms with E-state index in [-0.39, 0.29) is 30.2 Å². The van der Waals surface area contributed by atoms with E-state index in [1.165, 1.54) is 18.2 Å². The van der Waals surface area contributed by atoms with Gasteiger partial charge in [0, 0.05) is 36.0 Å². The minimum absolute atomic E-state index is 0.0428. The van der Waals surface area contributed by atoms with Gasteiger partial charge in [-0.1, -0.05) is 13.0 Å². The molecule has 24 heavy (non-hydrogen) atoms. The lowest BCUT2D eigenvalue weighted by molar-refractivity contribution is 0.0614. The first-order valence-electron chi connectivity index (χ1n) is 8.47. The van der Waals surface area contributed by atoms with Crippen molar-refractivity contribution >= 4 is 6.03 Å². The van der Waals surface area contributed by atoms with Crippen LogP contribution >= 0.6 is 0 Å². The number of amides is 2. The smallest absolute Gasteiger partial charge is 0.317 e. The van der Waals surface area contributed by atoms with Gasteiger partial charge in [-0.3, -0.25) is 0 Å². The third-order valence-electron chi connectivity index (χ3n) is 5.37. The molecule has 1 saturated heterocycles. The van der Waals surface area contributed by atoms with Crippen molar-refractivity contribution in [2.75, 3.05) is 26.2 Å². The van der Waals surface area contributed by atoms with Gasteiger partial charge in [0.15, 0.2) is 0 Å². The molecule has 4 nitrogen and oxygen atoms in total. The fourth-order valence-corrected chi connectivity index (χ4v) is 3.65. The van der Waals surface area contributed by atoms with Crippen molar-refractivity contribution in [1.29, 1.82) is 0 Å². The van der Waals surface area contributed by atoms with E-state index < -0.39 is 17.0 Å². The van der Waals surface area contributed by atoms with Crippen molar-refractivity contribution in [3.8, 4) is 0 Å². The number of likely N-dealkylation sites (tertiary alicyclic amines) is 1. The third kappa shape index (κ3) is 3.24. The predicted octanol–water partition coefficient (Wildman–Crippen LogP) is 2.80. The maximum Gasteiger partial charge on any atom is 0.317 e. The van der Waals surface area contributed by atoms with Gasteiger partial charge in [-0.2, -0.15) is 0 Å². The molecule has 132 valence electrons. The fourth-order valence-electron chi connectivity index (χ4n) is 3.65. The van der Waals surface area contributed by atoms with Crippen LogP contribution in [0.5, 0.6) is 0 Å². The molecular formula is C18H24F2N2O2. The summed E-state index contributed by atoms with van der Waals surface area (Å²) in [6.07, 6.45) is 3.06. The van der Waals surface area contributed by atoms with Gasteiger partial charge in [0.05, 0.1) is 6.61 Å². The highest BCUT2D eigenvalue weighted by molar-refractivity contribution is 5.74. The molecule has 0 spiro atoms. The molecule has 0 radical (unpaired) electrons. The highest BCUT2D eigenvalue weighted by Gasteiger charge is 2.48. The molecule has 1 aliphatic heterocycles. The van der Waals surface area contributed by atoms with E-state index in [0.717, 1.165) is 12.8 Å². The van der Waals surface area contributed by atoms with Gasteiger partial charge in [-0.05, 0) is 37.8 Å². The van der Waals surface area contributed by atoms with Gasteiger partial charge in [0.1, 0.15) is 11.6 Å². The number of urea groups is 1. The number of benzene rings is 1. The molecule has 1 aliphatic carbocycles. The average molecular weight is 338 g/mol. The Balaban J connectivity index is 1.64. The third-order valence-corrected chi connectivity index (χ3v) is 5.37. The Hall–Kier alpha value is -1.69. The summed E-state index contributed by atoms with van der Waals surface area (Å²) in [5.41, 5.74) is -0.810. The Morgan fingerprint density at radius 2 is 1.96 bits per heavy atom. The van der Waals surface area contributed by atoms with E-state index in [1.54, 1.807) is 4.90 Å². The summed E-state index contributed by atoms with van der Waals surface area (Å²) in [6.45, 7) is 3.37. The van der Waals surface area contributed by atoms with Crippen molar-refractivity contribution in [3.63, 3.8) is 0 Å². The van der Waals surface area contributed by atoms with Gasteiger partial charge in [0.25, 0.3) is 0 Å². The summed E-state index contributed by atoms with van der Waals surface area (Å²) < 4.78 is 28.0. The normalized spacial score (nSPS) is 25.4. The van der Waals surface area contributed by atoms with Crippen LogP contribution in [0.25, 0.3) is 0 Å². The fraction of sp³-hybridized carbons (Fsp3) is 0.611. The molecule has 6 heteroatoms. The summed E-state index contributed by atoms with van der Waals surface area (Å²) >= 11 is 0. The number of carbonyl (C=O) groups is 1. The largest absolute Gasteiger partial charge is 0.396 e. The summed E-state index contributed by atoms with van der Waals surface area (Å²) in [5, 5.41) is 12.3. The van der Waals surface area contributed by atoms with Crippen molar-refractivity contribution in [2.45, 2.75) is 38.0 Å². The second kappa shape index (κ2) is 6.31. The summed E-state index contributed by atoms with van der Waals surface area (Å²) in [7, 11) is 0. The number of nitrogens with one attached hydrogen (secondary N) is 1. The number of carbonyl (C=O) groups excluding carboxylic acids is 1. The molecule has 2 aliphatic rings. The number of piperidine rings is 1. The first-order valence-corrected chi connectivity index (χ1v) is 8.47. The van der Waals surface area contributed by atoms with E-state index in [1.807, 2.05) is 6.92 Å². The Morgan fingerprint density at radius 1 is 1.29 bits per heavy atom. The molecule has 1 aromatic rings. The molecule has 2 fully saturated rings. The zero-order valence-electron chi connectivity index (χ0n) is 13.9. The number of hydrogen-bond acceptors (Lipinski definition) is 2. The molecule has 1 aromatic carbocycles. The van der Waals surface area contributed by atoms with E-state index in [0.29, 0.717) is 25.9 Å². The number of hydrogen-bond donors (Lipinski definition) is 2. The summed E-state index contributed by atoms with van der Waals surface area (Å²) in [5.74, 6) is -1.10. The Labute approximate surface area is 140 Å². The van der Waals surface area contributed by atoms with Crippen LogP contribution in [0.4, 0.5) is 13.6 Å². The van der Waals surface area contributed by atoms with Gasteiger partial charge in [-0.25, -0.2) is 13.6 Å². The highest BCUT2D eigenvalue weighted by atomic mass is 19.1. The molecule has 1 heterocycles. The number of rotatable bonds is 4. The topological polar surface area (TPSA) is 52.6 Å². The predicted molar refractivity (Wildman–Crippen MR) is 86.7 cm³/mol. The lowest BCUT2D eigenvalue weighted by atomic mass is 9.83. The highest BCUT2D eigenvalue weighted by Crippen LogP contribution is 2.49. The molecule has 2 amide bonds. The lowest BCUT2D eigenvalue weighted by Gasteiger charge is -2.39. The molecule has 1 atom stereocenters. The molecule has 0 aromatic heterocycles. The minimum Gasteiger partial charge on any atom is -0.396 e. The van der Waals surface area contributed by atoms with Gasteiger partial charge < -0.3 is 15.3 Å². The van der Waals surface area contributed by atoms with Crippen LogP contribution < -0.4 is 5.32 Å². The second-order valence-electron chi connectivity index (χ2n) is 7.53. The van der Waals surface area contributed by atoms with E-state index in [4.69, 9.17) is 0 Å². The number of aliphatic hydroxyl groups excluding tert-OH is 1. The van der Waals surface area contributed by atoms with Crippen LogP contribution in [-0.2, 0) is 5.41 Å². The van der Waals surface area contributed by atoms with Gasteiger partial charge in [-0.15, -0.1) is 0 Å². The van der Waals surface area contributed by atoms with Crippen molar-refractivity contribution in [3.05, 3.63) is 35.4 Å². The second-order valence-corrected chi connectivity index (χ2v) is 7.53. The summed E-state index contributed by atoms with van der Waals surface area (Å²) in [4.78, 5) is 14.1. The monoisotopic (exact) mass is 338 g/mol. The van der Waals surface area contributed by atoms with E-state index in [9.17, 15) is 18.7 Å². The first kappa shape index (κ1) is 17.1. The number of aliphatic hydroxyl groups is 1. The van der Waals surface area contributed by atoms with Gasteiger partial charge in [0.2, 0.25) is 0 Å². The lowest BCUT2D eigenvalue weighted by Crippen LogP contribution is -2.51. The van der Waals surface area contributed by atoms with Crippen LogP contribution in [0.1, 0.15) is 38.2 Å². The zero-order chi connectivity index (χ0) is 17.4. The SMILES string of the molecule is CC1(CO)CCCN(C(=O)NCC2(c3c(F)cccc3F)CC2)C1. The maximum absolute atomic E-state index is 14.0. The summed E-state index contributed by atoms with van der Waals surface area (Å²) in [6, 6.07) is 3.65. The number of nitrogens with zero attached hydrogens (tertiary/aromatic N) is 1. The first-order chi connectivity index (χ1) is 11.4. The quantitative estimate of drug-likeness (QED) is 0.887. The van der Waals surface area contributed by atoms with Crippen molar-refractivity contribution < 1.29 is 18.7 Å². The van der Waals surface area contributed by atoms with Crippen LogP contribution in [0.15, 0.2) is 18.2 Å². The molecule has 3 rings (SSSR count). The molecule has 1 unspecified atom stereocenters. The van der Waals surface area contributed by atoms with E-state index >= 15 is 0 Å². The Morgan fingerprint density at radius 3 is 2.54 bits per heavy atom. The van der Waals surface area contributed by atoms with Crippen LogP contribution in [0.2, 0.25) is 0 Å². The average Bonchev–Trinajstić information content (AvgIpc) is 3.33. The van der Waals surface area contributed by atoms with Crippen molar-refractivity contribution in [1.82, 2.24) is 10.2 Å². The van der Waals surface area contributed by atoms with Crippen LogP contribution in [-0.4, -0.2) is 42.3 Å². The van der Waals surface area contributed by atoms with E-state index in [2.05, 4.69) is 5.32 Å². The van der Waals surface area contributed by atoms with Crippen LogP contribution in [0.3, 0.4) is 0 Å². The number of halogens is 2. The molecule has 1 saturated carbocycles. The maximum atomic E-state index is 14.0.